The minimum atomic E-state index is -0.821. The summed E-state index contributed by atoms with van der Waals surface area (Å²) in [5.74, 6) is -0.816. The van der Waals surface area contributed by atoms with Gasteiger partial charge in [-0.1, -0.05) is 0 Å². The molecule has 1 fully saturated rings. The van der Waals surface area contributed by atoms with E-state index in [9.17, 15) is 9.59 Å². The van der Waals surface area contributed by atoms with E-state index in [4.69, 9.17) is 9.84 Å². The second-order valence-corrected chi connectivity index (χ2v) is 4.23. The van der Waals surface area contributed by atoms with Crippen molar-refractivity contribution in [2.24, 2.45) is 5.92 Å². The number of aliphatic carboxylic acids is 1. The Bertz CT molecular complexity index is 267. The molecule has 1 N–H and O–H groups in total. The average molecular weight is 229 g/mol. The molecule has 0 bridgehead atoms. The van der Waals surface area contributed by atoms with Crippen LogP contribution in [0.4, 0.5) is 0 Å². The molecule has 92 valence electrons. The van der Waals surface area contributed by atoms with Gasteiger partial charge in [0.2, 0.25) is 5.91 Å². The molecule has 0 aromatic heterocycles. The molecule has 2 atom stereocenters. The van der Waals surface area contributed by atoms with Crippen LogP contribution in [0.2, 0.25) is 0 Å². The maximum Gasteiger partial charge on any atom is 0.303 e. The first-order valence-electron chi connectivity index (χ1n) is 5.60. The first kappa shape index (κ1) is 13.0. The van der Waals surface area contributed by atoms with Gasteiger partial charge in [-0.05, 0) is 19.8 Å². The summed E-state index contributed by atoms with van der Waals surface area (Å²) >= 11 is 0. The SMILES string of the molecule is CC1OCCC1C(=O)N(C)CCCC(=O)O. The van der Waals surface area contributed by atoms with Gasteiger partial charge in [-0.25, -0.2) is 0 Å². The Morgan fingerprint density at radius 1 is 1.50 bits per heavy atom. The molecule has 0 aliphatic carbocycles. The van der Waals surface area contributed by atoms with Gasteiger partial charge in [0.1, 0.15) is 0 Å². The summed E-state index contributed by atoms with van der Waals surface area (Å²) in [6.07, 6.45) is 1.35. The number of ether oxygens (including phenoxy) is 1. The molecule has 0 saturated carbocycles. The van der Waals surface area contributed by atoms with Crippen LogP contribution in [-0.2, 0) is 14.3 Å². The highest BCUT2D eigenvalue weighted by Crippen LogP contribution is 2.22. The largest absolute Gasteiger partial charge is 0.481 e. The average Bonchev–Trinajstić information content (AvgIpc) is 2.62. The number of carboxylic acids is 1. The van der Waals surface area contributed by atoms with E-state index in [1.54, 1.807) is 11.9 Å². The van der Waals surface area contributed by atoms with Crippen molar-refractivity contribution in [2.75, 3.05) is 20.2 Å². The van der Waals surface area contributed by atoms with Crippen LogP contribution < -0.4 is 0 Å². The van der Waals surface area contributed by atoms with Crippen LogP contribution in [0, 0.1) is 5.92 Å². The molecule has 2 unspecified atom stereocenters. The molecule has 1 heterocycles. The predicted molar refractivity (Wildman–Crippen MR) is 58.0 cm³/mol. The van der Waals surface area contributed by atoms with Crippen LogP contribution in [0.15, 0.2) is 0 Å². The Hall–Kier alpha value is -1.10. The molecule has 5 heteroatoms. The maximum absolute atomic E-state index is 11.9. The van der Waals surface area contributed by atoms with Gasteiger partial charge in [-0.2, -0.15) is 0 Å². The fourth-order valence-electron chi connectivity index (χ4n) is 1.92. The number of hydrogen-bond acceptors (Lipinski definition) is 3. The van der Waals surface area contributed by atoms with E-state index in [0.717, 1.165) is 6.42 Å². The standard InChI is InChI=1S/C11H19NO4/c1-8-9(5-7-16-8)11(15)12(2)6-3-4-10(13)14/h8-9H,3-7H2,1-2H3,(H,13,14). The summed E-state index contributed by atoms with van der Waals surface area (Å²) in [5, 5.41) is 8.50. The third-order valence-corrected chi connectivity index (χ3v) is 2.95. The zero-order chi connectivity index (χ0) is 12.1. The lowest BCUT2D eigenvalue weighted by Gasteiger charge is -2.22. The lowest BCUT2D eigenvalue weighted by molar-refractivity contribution is -0.139. The molecule has 0 aromatic rings. The molecule has 1 aliphatic heterocycles. The molecular weight excluding hydrogens is 210 g/mol. The quantitative estimate of drug-likeness (QED) is 0.755. The highest BCUT2D eigenvalue weighted by Gasteiger charge is 2.32. The number of rotatable bonds is 5. The summed E-state index contributed by atoms with van der Waals surface area (Å²) < 4.78 is 5.34. The lowest BCUT2D eigenvalue weighted by Crippen LogP contribution is -2.36. The second-order valence-electron chi connectivity index (χ2n) is 4.23. The van der Waals surface area contributed by atoms with E-state index in [1.807, 2.05) is 6.92 Å². The van der Waals surface area contributed by atoms with E-state index in [1.165, 1.54) is 0 Å². The Balaban J connectivity index is 2.32. The first-order valence-corrected chi connectivity index (χ1v) is 5.60. The minimum Gasteiger partial charge on any atom is -0.481 e. The second kappa shape index (κ2) is 5.84. The zero-order valence-electron chi connectivity index (χ0n) is 9.81. The van der Waals surface area contributed by atoms with Crippen molar-refractivity contribution < 1.29 is 19.4 Å². The summed E-state index contributed by atoms with van der Waals surface area (Å²) in [7, 11) is 1.72. The molecule has 16 heavy (non-hydrogen) atoms. The number of carboxylic acid groups (broad SMARTS) is 1. The van der Waals surface area contributed by atoms with Crippen LogP contribution in [0.5, 0.6) is 0 Å². The normalized spacial score (nSPS) is 24.4. The van der Waals surface area contributed by atoms with Gasteiger partial charge in [0.15, 0.2) is 0 Å². The number of hydrogen-bond donors (Lipinski definition) is 1. The van der Waals surface area contributed by atoms with Crippen molar-refractivity contribution in [3.63, 3.8) is 0 Å². The maximum atomic E-state index is 11.9. The lowest BCUT2D eigenvalue weighted by atomic mass is 10.0. The summed E-state index contributed by atoms with van der Waals surface area (Å²) in [6, 6.07) is 0. The van der Waals surface area contributed by atoms with Crippen LogP contribution in [0.25, 0.3) is 0 Å². The van der Waals surface area contributed by atoms with Gasteiger partial charge >= 0.3 is 5.97 Å². The van der Waals surface area contributed by atoms with E-state index in [0.29, 0.717) is 19.6 Å². The van der Waals surface area contributed by atoms with Crippen LogP contribution >= 0.6 is 0 Å². The summed E-state index contributed by atoms with van der Waals surface area (Å²) in [4.78, 5) is 23.9. The van der Waals surface area contributed by atoms with Crippen molar-refractivity contribution in [2.45, 2.75) is 32.3 Å². The molecule has 0 radical (unpaired) electrons. The first-order chi connectivity index (χ1) is 7.52. The fourth-order valence-corrected chi connectivity index (χ4v) is 1.92. The van der Waals surface area contributed by atoms with Crippen molar-refractivity contribution in [3.8, 4) is 0 Å². The molecular formula is C11H19NO4. The van der Waals surface area contributed by atoms with E-state index in [-0.39, 0.29) is 24.3 Å². The molecule has 1 rings (SSSR count). The number of carbonyl (C=O) groups excluding carboxylic acids is 1. The van der Waals surface area contributed by atoms with Gasteiger partial charge in [0.25, 0.3) is 0 Å². The van der Waals surface area contributed by atoms with Gasteiger partial charge in [0.05, 0.1) is 12.0 Å². The predicted octanol–water partition coefficient (Wildman–Crippen LogP) is 0.735. The highest BCUT2D eigenvalue weighted by atomic mass is 16.5. The topological polar surface area (TPSA) is 66.8 Å². The molecule has 1 saturated heterocycles. The van der Waals surface area contributed by atoms with E-state index in [2.05, 4.69) is 0 Å². The molecule has 0 spiro atoms. The van der Waals surface area contributed by atoms with E-state index < -0.39 is 5.97 Å². The van der Waals surface area contributed by atoms with Crippen molar-refractivity contribution in [3.05, 3.63) is 0 Å². The molecule has 5 nitrogen and oxygen atoms in total. The van der Waals surface area contributed by atoms with Crippen molar-refractivity contribution in [1.29, 1.82) is 0 Å². The summed E-state index contributed by atoms with van der Waals surface area (Å²) in [5.41, 5.74) is 0. The third kappa shape index (κ3) is 3.48. The number of nitrogens with zero attached hydrogens (tertiary/aromatic N) is 1. The Morgan fingerprint density at radius 2 is 2.19 bits per heavy atom. The fraction of sp³-hybridized carbons (Fsp3) is 0.818. The minimum absolute atomic E-state index is 0.0191. The van der Waals surface area contributed by atoms with Gasteiger partial charge in [-0.3, -0.25) is 9.59 Å². The van der Waals surface area contributed by atoms with Crippen LogP contribution in [0.1, 0.15) is 26.2 Å². The van der Waals surface area contributed by atoms with Gasteiger partial charge < -0.3 is 14.7 Å². The summed E-state index contributed by atoms with van der Waals surface area (Å²) in [6.45, 7) is 3.04. The van der Waals surface area contributed by atoms with Gasteiger partial charge in [-0.15, -0.1) is 0 Å². The zero-order valence-corrected chi connectivity index (χ0v) is 9.81. The van der Waals surface area contributed by atoms with Crippen LogP contribution in [0.3, 0.4) is 0 Å². The number of amides is 1. The van der Waals surface area contributed by atoms with E-state index >= 15 is 0 Å². The van der Waals surface area contributed by atoms with Crippen molar-refractivity contribution in [1.82, 2.24) is 4.90 Å². The third-order valence-electron chi connectivity index (χ3n) is 2.95. The number of carbonyl (C=O) groups is 2. The highest BCUT2D eigenvalue weighted by molar-refractivity contribution is 5.79. The Kier molecular flexibility index (Phi) is 4.73. The molecule has 0 aromatic carbocycles. The monoisotopic (exact) mass is 229 g/mol. The molecule has 1 amide bonds. The Morgan fingerprint density at radius 3 is 2.69 bits per heavy atom. The van der Waals surface area contributed by atoms with Gasteiger partial charge in [0, 0.05) is 26.6 Å². The smallest absolute Gasteiger partial charge is 0.303 e. The van der Waals surface area contributed by atoms with Crippen molar-refractivity contribution >= 4 is 11.9 Å². The van der Waals surface area contributed by atoms with Crippen LogP contribution in [-0.4, -0.2) is 48.2 Å². The Labute approximate surface area is 95.4 Å². The molecule has 1 aliphatic rings.